The van der Waals surface area contributed by atoms with Crippen LogP contribution in [0.2, 0.25) is 0 Å². The summed E-state index contributed by atoms with van der Waals surface area (Å²) in [7, 11) is -0.725. The Kier molecular flexibility index (Phi) is 5.25. The summed E-state index contributed by atoms with van der Waals surface area (Å²) in [5, 5.41) is 11.2. The SMILES string of the molecule is CNC(=O)C(C)CN(C)S(=O)(=O)c1ccc(C#N)cc1. The number of nitrogens with zero attached hydrogens (tertiary/aromatic N) is 2. The van der Waals surface area contributed by atoms with Crippen LogP contribution in [0.15, 0.2) is 29.2 Å². The fourth-order valence-electron chi connectivity index (χ4n) is 1.69. The van der Waals surface area contributed by atoms with Gasteiger partial charge in [-0.1, -0.05) is 6.92 Å². The van der Waals surface area contributed by atoms with Gasteiger partial charge in [-0.25, -0.2) is 12.7 Å². The van der Waals surface area contributed by atoms with Gasteiger partial charge in [-0.05, 0) is 24.3 Å². The Balaban J connectivity index is 2.92. The Morgan fingerprint density at radius 1 is 1.40 bits per heavy atom. The predicted molar refractivity (Wildman–Crippen MR) is 74.2 cm³/mol. The molecule has 0 spiro atoms. The van der Waals surface area contributed by atoms with Crippen molar-refractivity contribution < 1.29 is 13.2 Å². The number of amides is 1. The van der Waals surface area contributed by atoms with E-state index >= 15 is 0 Å². The van der Waals surface area contributed by atoms with E-state index in [9.17, 15) is 13.2 Å². The van der Waals surface area contributed by atoms with Crippen LogP contribution in [0, 0.1) is 17.2 Å². The Hall–Kier alpha value is -1.91. The lowest BCUT2D eigenvalue weighted by atomic mass is 10.2. The summed E-state index contributed by atoms with van der Waals surface area (Å²) in [6.07, 6.45) is 0. The molecule has 108 valence electrons. The van der Waals surface area contributed by atoms with Crippen molar-refractivity contribution in [3.63, 3.8) is 0 Å². The van der Waals surface area contributed by atoms with Crippen LogP contribution in [-0.2, 0) is 14.8 Å². The summed E-state index contributed by atoms with van der Waals surface area (Å²) >= 11 is 0. The average molecular weight is 295 g/mol. The number of nitrogens with one attached hydrogen (secondary N) is 1. The molecule has 0 aromatic heterocycles. The van der Waals surface area contributed by atoms with E-state index in [1.54, 1.807) is 6.92 Å². The minimum Gasteiger partial charge on any atom is -0.359 e. The van der Waals surface area contributed by atoms with E-state index in [4.69, 9.17) is 5.26 Å². The van der Waals surface area contributed by atoms with Crippen LogP contribution in [0.3, 0.4) is 0 Å². The largest absolute Gasteiger partial charge is 0.359 e. The number of benzene rings is 1. The van der Waals surface area contributed by atoms with Crippen LogP contribution >= 0.6 is 0 Å². The molecule has 1 rings (SSSR count). The van der Waals surface area contributed by atoms with Crippen molar-refractivity contribution in [2.45, 2.75) is 11.8 Å². The standard InChI is InChI=1S/C13H17N3O3S/c1-10(13(17)15-2)9-16(3)20(18,19)12-6-4-11(8-14)5-7-12/h4-7,10H,9H2,1-3H3,(H,15,17). The van der Waals surface area contributed by atoms with Crippen molar-refractivity contribution in [2.75, 3.05) is 20.6 Å². The molecular weight excluding hydrogens is 278 g/mol. The smallest absolute Gasteiger partial charge is 0.242 e. The van der Waals surface area contributed by atoms with Gasteiger partial charge < -0.3 is 5.32 Å². The van der Waals surface area contributed by atoms with E-state index in [1.807, 2.05) is 6.07 Å². The van der Waals surface area contributed by atoms with Gasteiger partial charge in [0.25, 0.3) is 0 Å². The molecule has 0 radical (unpaired) electrons. The molecule has 0 aliphatic heterocycles. The van der Waals surface area contributed by atoms with Crippen LogP contribution < -0.4 is 5.32 Å². The Bertz CT molecular complexity index is 617. The van der Waals surface area contributed by atoms with E-state index in [1.165, 1.54) is 38.4 Å². The molecule has 1 N–H and O–H groups in total. The number of nitriles is 1. The van der Waals surface area contributed by atoms with Gasteiger partial charge in [-0.3, -0.25) is 4.79 Å². The normalized spacial score (nSPS) is 12.8. The van der Waals surface area contributed by atoms with Crippen LogP contribution in [-0.4, -0.2) is 39.3 Å². The number of sulfonamides is 1. The van der Waals surface area contributed by atoms with E-state index in [-0.39, 0.29) is 17.3 Å². The third-order valence-electron chi connectivity index (χ3n) is 2.92. The topological polar surface area (TPSA) is 90.3 Å². The Morgan fingerprint density at radius 3 is 2.40 bits per heavy atom. The van der Waals surface area contributed by atoms with Crippen molar-refractivity contribution in [3.8, 4) is 6.07 Å². The van der Waals surface area contributed by atoms with Crippen molar-refractivity contribution in [2.24, 2.45) is 5.92 Å². The molecule has 0 saturated carbocycles. The second-order valence-corrected chi connectivity index (χ2v) is 6.48. The molecule has 6 nitrogen and oxygen atoms in total. The second kappa shape index (κ2) is 6.50. The lowest BCUT2D eigenvalue weighted by Crippen LogP contribution is -2.37. The van der Waals surface area contributed by atoms with E-state index in [2.05, 4.69) is 5.32 Å². The number of carbonyl (C=O) groups is 1. The summed E-state index contributed by atoms with van der Waals surface area (Å²) < 4.78 is 25.7. The van der Waals surface area contributed by atoms with Gasteiger partial charge in [0.2, 0.25) is 15.9 Å². The molecule has 0 bridgehead atoms. The molecule has 0 saturated heterocycles. The highest BCUT2D eigenvalue weighted by Gasteiger charge is 2.24. The zero-order valence-electron chi connectivity index (χ0n) is 11.6. The molecule has 0 fully saturated rings. The third-order valence-corrected chi connectivity index (χ3v) is 4.75. The van der Waals surface area contributed by atoms with E-state index in [0.29, 0.717) is 5.56 Å². The van der Waals surface area contributed by atoms with Gasteiger partial charge >= 0.3 is 0 Å². The van der Waals surface area contributed by atoms with Crippen LogP contribution in [0.4, 0.5) is 0 Å². The molecule has 1 amide bonds. The first kappa shape index (κ1) is 16.1. The number of carbonyl (C=O) groups excluding carboxylic acids is 1. The third kappa shape index (κ3) is 3.56. The summed E-state index contributed by atoms with van der Waals surface area (Å²) in [5.41, 5.74) is 0.394. The highest BCUT2D eigenvalue weighted by atomic mass is 32.2. The lowest BCUT2D eigenvalue weighted by molar-refractivity contribution is -0.124. The summed E-state index contributed by atoms with van der Waals surface area (Å²) in [6.45, 7) is 1.74. The number of hydrogen-bond donors (Lipinski definition) is 1. The predicted octanol–water partition coefficient (Wildman–Crippen LogP) is 0.561. The maximum atomic E-state index is 12.3. The van der Waals surface area contributed by atoms with Crippen molar-refractivity contribution in [1.82, 2.24) is 9.62 Å². The zero-order valence-corrected chi connectivity index (χ0v) is 12.4. The van der Waals surface area contributed by atoms with Crippen LogP contribution in [0.5, 0.6) is 0 Å². The van der Waals surface area contributed by atoms with Gasteiger partial charge in [0.05, 0.1) is 16.5 Å². The summed E-state index contributed by atoms with van der Waals surface area (Å²) in [5.74, 6) is -0.662. The zero-order chi connectivity index (χ0) is 15.3. The van der Waals surface area contributed by atoms with Crippen LogP contribution in [0.1, 0.15) is 12.5 Å². The van der Waals surface area contributed by atoms with Crippen molar-refractivity contribution in [1.29, 1.82) is 5.26 Å². The van der Waals surface area contributed by atoms with Gasteiger partial charge in [-0.15, -0.1) is 0 Å². The minimum atomic E-state index is -3.66. The quantitative estimate of drug-likeness (QED) is 0.859. The molecular formula is C13H17N3O3S. The molecule has 0 aliphatic rings. The first-order chi connectivity index (χ1) is 9.32. The summed E-state index contributed by atoms with van der Waals surface area (Å²) in [4.78, 5) is 11.5. The molecule has 7 heteroatoms. The summed E-state index contributed by atoms with van der Waals surface area (Å²) in [6, 6.07) is 7.59. The Morgan fingerprint density at radius 2 is 1.95 bits per heavy atom. The van der Waals surface area contributed by atoms with Gasteiger partial charge in [-0.2, -0.15) is 5.26 Å². The second-order valence-electron chi connectivity index (χ2n) is 4.44. The molecule has 20 heavy (non-hydrogen) atoms. The first-order valence-corrected chi connectivity index (χ1v) is 7.45. The first-order valence-electron chi connectivity index (χ1n) is 6.01. The van der Waals surface area contributed by atoms with Crippen molar-refractivity contribution >= 4 is 15.9 Å². The Labute approximate surface area is 119 Å². The molecule has 1 atom stereocenters. The van der Waals surface area contributed by atoms with Gasteiger partial charge in [0.1, 0.15) is 0 Å². The fourth-order valence-corrected chi connectivity index (χ4v) is 2.95. The molecule has 1 unspecified atom stereocenters. The van der Waals surface area contributed by atoms with Crippen molar-refractivity contribution in [3.05, 3.63) is 29.8 Å². The molecule has 0 aliphatic carbocycles. The number of rotatable bonds is 5. The highest BCUT2D eigenvalue weighted by Crippen LogP contribution is 2.16. The molecule has 0 heterocycles. The van der Waals surface area contributed by atoms with Gasteiger partial charge in [0.15, 0.2) is 0 Å². The van der Waals surface area contributed by atoms with E-state index in [0.717, 1.165) is 4.31 Å². The monoisotopic (exact) mass is 295 g/mol. The van der Waals surface area contributed by atoms with E-state index < -0.39 is 15.9 Å². The maximum Gasteiger partial charge on any atom is 0.242 e. The van der Waals surface area contributed by atoms with Gasteiger partial charge in [0, 0.05) is 26.6 Å². The minimum absolute atomic E-state index is 0.0853. The lowest BCUT2D eigenvalue weighted by Gasteiger charge is -2.20. The fraction of sp³-hybridized carbons (Fsp3) is 0.385. The maximum absolute atomic E-state index is 12.3. The van der Waals surface area contributed by atoms with Crippen LogP contribution in [0.25, 0.3) is 0 Å². The average Bonchev–Trinajstić information content (AvgIpc) is 2.46. The highest BCUT2D eigenvalue weighted by molar-refractivity contribution is 7.89. The molecule has 1 aromatic carbocycles. The number of hydrogen-bond acceptors (Lipinski definition) is 4. The molecule has 1 aromatic rings.